The highest BCUT2D eigenvalue weighted by atomic mass is 16.5. The summed E-state index contributed by atoms with van der Waals surface area (Å²) in [7, 11) is 0. The van der Waals surface area contributed by atoms with Crippen LogP contribution in [0.4, 0.5) is 0 Å². The maximum atomic E-state index is 11.8. The molecule has 0 radical (unpaired) electrons. The van der Waals surface area contributed by atoms with Crippen LogP contribution in [0.5, 0.6) is 5.75 Å². The molecular weight excluding hydrogens is 314 g/mol. The summed E-state index contributed by atoms with van der Waals surface area (Å²) in [5, 5.41) is 12.9. The number of nitrogens with one attached hydrogen (secondary N) is 1. The monoisotopic (exact) mass is 335 g/mol. The molecule has 0 heterocycles. The largest absolute Gasteiger partial charge is 0.482 e. The molecule has 0 aliphatic heterocycles. The van der Waals surface area contributed by atoms with Gasteiger partial charge in [0.05, 0.1) is 11.8 Å². The molecule has 1 N–H and O–H groups in total. The van der Waals surface area contributed by atoms with Crippen molar-refractivity contribution in [2.75, 3.05) is 6.61 Å². The highest BCUT2D eigenvalue weighted by Crippen LogP contribution is 2.21. The number of ether oxygens (including phenoxy) is 1. The van der Waals surface area contributed by atoms with E-state index >= 15 is 0 Å². The maximum absolute atomic E-state index is 11.8. The van der Waals surface area contributed by atoms with Gasteiger partial charge < -0.3 is 4.74 Å². The summed E-state index contributed by atoms with van der Waals surface area (Å²) in [5.41, 5.74) is 5.02. The van der Waals surface area contributed by atoms with Gasteiger partial charge in [0.1, 0.15) is 11.8 Å². The van der Waals surface area contributed by atoms with Crippen molar-refractivity contribution >= 4 is 12.1 Å². The summed E-state index contributed by atoms with van der Waals surface area (Å²) in [6.45, 7) is 6.25. The summed E-state index contributed by atoms with van der Waals surface area (Å²) in [4.78, 5) is 11.8. The molecule has 1 amide bonds. The second kappa shape index (κ2) is 8.11. The van der Waals surface area contributed by atoms with Crippen LogP contribution in [0.15, 0.2) is 53.6 Å². The Morgan fingerprint density at radius 3 is 2.52 bits per heavy atom. The predicted octanol–water partition coefficient (Wildman–Crippen LogP) is 3.38. The SMILES string of the molecule is CC(C)(C)c1ccc(/C=N/NC(=O)COc2ccccc2C#N)cc1. The quantitative estimate of drug-likeness (QED) is 0.672. The Hall–Kier alpha value is -3.13. The molecule has 5 heteroatoms. The van der Waals surface area contributed by atoms with Gasteiger partial charge in [-0.25, -0.2) is 5.43 Å². The molecular formula is C20H21N3O2. The van der Waals surface area contributed by atoms with E-state index in [-0.39, 0.29) is 12.0 Å². The first-order valence-electron chi connectivity index (χ1n) is 7.94. The predicted molar refractivity (Wildman–Crippen MR) is 97.5 cm³/mol. The highest BCUT2D eigenvalue weighted by molar-refractivity contribution is 5.83. The van der Waals surface area contributed by atoms with Crippen LogP contribution >= 0.6 is 0 Å². The minimum absolute atomic E-state index is 0.0982. The third-order valence-corrected chi connectivity index (χ3v) is 3.55. The maximum Gasteiger partial charge on any atom is 0.277 e. The number of rotatable bonds is 5. The lowest BCUT2D eigenvalue weighted by molar-refractivity contribution is -0.123. The molecule has 0 aliphatic rings. The topological polar surface area (TPSA) is 74.5 Å². The van der Waals surface area contributed by atoms with Crippen LogP contribution in [0.25, 0.3) is 0 Å². The zero-order valence-electron chi connectivity index (χ0n) is 14.6. The minimum atomic E-state index is -0.393. The molecule has 128 valence electrons. The fourth-order valence-corrected chi connectivity index (χ4v) is 2.11. The van der Waals surface area contributed by atoms with Crippen molar-refractivity contribution in [3.05, 3.63) is 65.2 Å². The van der Waals surface area contributed by atoms with Gasteiger partial charge in [-0.3, -0.25) is 4.79 Å². The van der Waals surface area contributed by atoms with E-state index in [0.717, 1.165) is 5.56 Å². The molecule has 0 aliphatic carbocycles. The molecule has 2 aromatic carbocycles. The molecule has 2 rings (SSSR count). The summed E-state index contributed by atoms with van der Waals surface area (Å²) < 4.78 is 5.34. The van der Waals surface area contributed by atoms with E-state index in [2.05, 4.69) is 31.3 Å². The molecule has 0 fully saturated rings. The van der Waals surface area contributed by atoms with Crippen LogP contribution in [-0.4, -0.2) is 18.7 Å². The Labute approximate surface area is 147 Å². The van der Waals surface area contributed by atoms with Crippen molar-refractivity contribution in [3.63, 3.8) is 0 Å². The summed E-state index contributed by atoms with van der Waals surface area (Å²) in [6, 6.07) is 16.8. The third-order valence-electron chi connectivity index (χ3n) is 3.55. The fraction of sp³-hybridized carbons (Fsp3) is 0.250. The second-order valence-electron chi connectivity index (χ2n) is 6.56. The van der Waals surface area contributed by atoms with E-state index < -0.39 is 5.91 Å². The van der Waals surface area contributed by atoms with Crippen molar-refractivity contribution < 1.29 is 9.53 Å². The molecule has 0 spiro atoms. The number of carbonyl (C=O) groups excluding carboxylic acids is 1. The van der Waals surface area contributed by atoms with Crippen LogP contribution < -0.4 is 10.2 Å². The molecule has 2 aromatic rings. The van der Waals surface area contributed by atoms with Crippen molar-refractivity contribution in [2.24, 2.45) is 5.10 Å². The van der Waals surface area contributed by atoms with Crippen molar-refractivity contribution in [1.82, 2.24) is 5.43 Å². The lowest BCUT2D eigenvalue weighted by Crippen LogP contribution is -2.24. The van der Waals surface area contributed by atoms with Crippen LogP contribution in [0.3, 0.4) is 0 Å². The number of carbonyl (C=O) groups is 1. The van der Waals surface area contributed by atoms with Gasteiger partial charge in [-0.1, -0.05) is 57.2 Å². The van der Waals surface area contributed by atoms with Gasteiger partial charge in [0, 0.05) is 0 Å². The zero-order valence-corrected chi connectivity index (χ0v) is 14.6. The van der Waals surface area contributed by atoms with E-state index in [4.69, 9.17) is 10.00 Å². The Bertz CT molecular complexity index is 797. The van der Waals surface area contributed by atoms with E-state index in [0.29, 0.717) is 11.3 Å². The van der Waals surface area contributed by atoms with Gasteiger partial charge in [-0.15, -0.1) is 0 Å². The number of nitriles is 1. The minimum Gasteiger partial charge on any atom is -0.482 e. The Kier molecular flexibility index (Phi) is 5.91. The molecule has 5 nitrogen and oxygen atoms in total. The number of hydrogen-bond donors (Lipinski definition) is 1. The van der Waals surface area contributed by atoms with Crippen LogP contribution in [0.1, 0.15) is 37.5 Å². The molecule has 0 saturated heterocycles. The molecule has 25 heavy (non-hydrogen) atoms. The van der Waals surface area contributed by atoms with Gasteiger partial charge >= 0.3 is 0 Å². The van der Waals surface area contributed by atoms with Crippen molar-refractivity contribution in [1.29, 1.82) is 5.26 Å². The van der Waals surface area contributed by atoms with E-state index in [9.17, 15) is 4.79 Å². The average Bonchev–Trinajstić information content (AvgIpc) is 2.60. The Balaban J connectivity index is 1.85. The molecule has 0 aromatic heterocycles. The number of hydrogen-bond acceptors (Lipinski definition) is 4. The van der Waals surface area contributed by atoms with Crippen LogP contribution in [-0.2, 0) is 10.2 Å². The van der Waals surface area contributed by atoms with Gasteiger partial charge in [0.2, 0.25) is 0 Å². The number of hydrazone groups is 1. The van der Waals surface area contributed by atoms with Crippen molar-refractivity contribution in [2.45, 2.75) is 26.2 Å². The normalized spacial score (nSPS) is 11.1. The number of benzene rings is 2. The lowest BCUT2D eigenvalue weighted by atomic mass is 9.87. The standard InChI is InChI=1S/C20H21N3O2/c1-20(2,3)17-10-8-15(9-11-17)13-22-23-19(24)14-25-18-7-5-4-6-16(18)12-21/h4-11,13H,14H2,1-3H3,(H,23,24)/b22-13+. The average molecular weight is 335 g/mol. The smallest absolute Gasteiger partial charge is 0.277 e. The van der Waals surface area contributed by atoms with Gasteiger partial charge in [0.25, 0.3) is 5.91 Å². The summed E-state index contributed by atoms with van der Waals surface area (Å²) in [6.07, 6.45) is 1.58. The van der Waals surface area contributed by atoms with Gasteiger partial charge in [-0.2, -0.15) is 10.4 Å². The first-order chi connectivity index (χ1) is 11.9. The lowest BCUT2D eigenvalue weighted by Gasteiger charge is -2.18. The van der Waals surface area contributed by atoms with E-state index in [1.165, 1.54) is 5.56 Å². The highest BCUT2D eigenvalue weighted by Gasteiger charge is 2.12. The van der Waals surface area contributed by atoms with Crippen molar-refractivity contribution in [3.8, 4) is 11.8 Å². The number of amides is 1. The number of para-hydroxylation sites is 1. The van der Waals surface area contributed by atoms with E-state index in [1.54, 1.807) is 30.5 Å². The van der Waals surface area contributed by atoms with Crippen LogP contribution in [0, 0.1) is 11.3 Å². The van der Waals surface area contributed by atoms with Gasteiger partial charge in [-0.05, 0) is 28.7 Å². The first-order valence-corrected chi connectivity index (χ1v) is 7.94. The molecule has 0 atom stereocenters. The van der Waals surface area contributed by atoms with E-state index in [1.807, 2.05) is 30.3 Å². The van der Waals surface area contributed by atoms with Crippen LogP contribution in [0.2, 0.25) is 0 Å². The van der Waals surface area contributed by atoms with Gasteiger partial charge in [0.15, 0.2) is 6.61 Å². The first kappa shape index (κ1) is 18.2. The Morgan fingerprint density at radius 1 is 1.20 bits per heavy atom. The molecule has 0 bridgehead atoms. The molecule has 0 saturated carbocycles. The Morgan fingerprint density at radius 2 is 1.88 bits per heavy atom. The third kappa shape index (κ3) is 5.47. The zero-order chi connectivity index (χ0) is 18.3. The molecule has 0 unspecified atom stereocenters. The summed E-state index contributed by atoms with van der Waals surface area (Å²) >= 11 is 0. The second-order valence-corrected chi connectivity index (χ2v) is 6.56. The summed E-state index contributed by atoms with van der Waals surface area (Å²) in [5.74, 6) is -0.0165. The number of nitrogens with zero attached hydrogens (tertiary/aromatic N) is 2. The fourth-order valence-electron chi connectivity index (χ4n) is 2.11.